The van der Waals surface area contributed by atoms with Crippen LogP contribution in [0.5, 0.6) is 0 Å². The molecule has 1 fully saturated rings. The first-order valence-corrected chi connectivity index (χ1v) is 10.0. The van der Waals surface area contributed by atoms with Crippen molar-refractivity contribution in [1.29, 1.82) is 0 Å². The fourth-order valence-electron chi connectivity index (χ4n) is 3.63. The van der Waals surface area contributed by atoms with Crippen molar-refractivity contribution in [3.8, 4) is 11.3 Å². The molecule has 1 aromatic carbocycles. The summed E-state index contributed by atoms with van der Waals surface area (Å²) in [6, 6.07) is 7.83. The molecule has 9 heteroatoms. The average Bonchev–Trinajstić information content (AvgIpc) is 2.77. The molecule has 0 aliphatic carbocycles. The summed E-state index contributed by atoms with van der Waals surface area (Å²) < 4.78 is 34.6. The molecule has 3 aromatic rings. The van der Waals surface area contributed by atoms with Crippen molar-refractivity contribution in [2.24, 2.45) is 0 Å². The minimum absolute atomic E-state index is 0.000105. The summed E-state index contributed by atoms with van der Waals surface area (Å²) in [4.78, 5) is 21.0. The van der Waals surface area contributed by atoms with E-state index < -0.39 is 29.8 Å². The molecule has 2 N–H and O–H groups in total. The molecule has 31 heavy (non-hydrogen) atoms. The first-order chi connectivity index (χ1) is 15.0. The molecule has 3 heterocycles. The number of benzene rings is 1. The van der Waals surface area contributed by atoms with Gasteiger partial charge >= 0.3 is 0 Å². The Morgan fingerprint density at radius 2 is 2.03 bits per heavy atom. The first kappa shape index (κ1) is 21.1. The van der Waals surface area contributed by atoms with E-state index in [0.717, 1.165) is 19.0 Å². The third kappa shape index (κ3) is 4.78. The molecule has 1 unspecified atom stereocenters. The van der Waals surface area contributed by atoms with Gasteiger partial charge in [0.1, 0.15) is 11.5 Å². The number of aliphatic hydroxyl groups is 1. The number of anilines is 1. The molecule has 1 atom stereocenters. The lowest BCUT2D eigenvalue weighted by Crippen LogP contribution is -2.29. The van der Waals surface area contributed by atoms with E-state index in [1.165, 1.54) is 41.1 Å². The number of aromatic nitrogens is 3. The standard InChI is InChI=1S/C22H22F2N4O3/c23-16-3-1-2-14(10-16)19(13-29)28-7-4-15(11-20(28)30)21-18(24)12-25-22(27-21)26-17-5-8-31-9-6-17/h1-4,7,10-12,17,19,29H,5-6,8-9,13H2,(H,25,26,27). The number of hydrogen-bond donors (Lipinski definition) is 2. The van der Waals surface area contributed by atoms with Crippen LogP contribution < -0.4 is 10.9 Å². The molecule has 1 aliphatic rings. The molecule has 1 aliphatic heterocycles. The Balaban J connectivity index is 1.63. The predicted octanol–water partition coefficient (Wildman–Crippen LogP) is 2.76. The smallest absolute Gasteiger partial charge is 0.251 e. The Morgan fingerprint density at radius 3 is 2.74 bits per heavy atom. The molecule has 0 bridgehead atoms. The minimum atomic E-state index is -0.766. The average molecular weight is 428 g/mol. The van der Waals surface area contributed by atoms with Crippen LogP contribution >= 0.6 is 0 Å². The van der Waals surface area contributed by atoms with Gasteiger partial charge in [-0.15, -0.1) is 0 Å². The van der Waals surface area contributed by atoms with Crippen LogP contribution in [0, 0.1) is 11.6 Å². The van der Waals surface area contributed by atoms with E-state index in [1.54, 1.807) is 6.07 Å². The largest absolute Gasteiger partial charge is 0.394 e. The van der Waals surface area contributed by atoms with Crippen LogP contribution in [0.2, 0.25) is 0 Å². The van der Waals surface area contributed by atoms with Crippen LogP contribution in [-0.2, 0) is 4.74 Å². The number of ether oxygens (including phenoxy) is 1. The summed E-state index contributed by atoms with van der Waals surface area (Å²) in [5, 5.41) is 13.0. The van der Waals surface area contributed by atoms with Gasteiger partial charge in [-0.05, 0) is 36.6 Å². The van der Waals surface area contributed by atoms with Gasteiger partial charge in [0.15, 0.2) is 5.82 Å². The lowest BCUT2D eigenvalue weighted by molar-refractivity contribution is 0.0903. The van der Waals surface area contributed by atoms with Gasteiger partial charge in [0.2, 0.25) is 5.95 Å². The van der Waals surface area contributed by atoms with Gasteiger partial charge < -0.3 is 19.7 Å². The second-order valence-corrected chi connectivity index (χ2v) is 7.34. The maximum absolute atomic E-state index is 14.4. The number of nitrogens with one attached hydrogen (secondary N) is 1. The van der Waals surface area contributed by atoms with Crippen molar-refractivity contribution in [3.63, 3.8) is 0 Å². The lowest BCUT2D eigenvalue weighted by Gasteiger charge is -2.23. The van der Waals surface area contributed by atoms with E-state index in [2.05, 4.69) is 15.3 Å². The van der Waals surface area contributed by atoms with E-state index in [0.29, 0.717) is 18.8 Å². The van der Waals surface area contributed by atoms with Gasteiger partial charge in [0.05, 0.1) is 18.8 Å². The lowest BCUT2D eigenvalue weighted by atomic mass is 10.1. The van der Waals surface area contributed by atoms with E-state index >= 15 is 0 Å². The van der Waals surface area contributed by atoms with Gasteiger partial charge in [0, 0.05) is 37.1 Å². The van der Waals surface area contributed by atoms with Crippen molar-refractivity contribution in [2.45, 2.75) is 24.9 Å². The Bertz CT molecular complexity index is 1120. The first-order valence-electron chi connectivity index (χ1n) is 10.0. The Hall–Kier alpha value is -3.17. The Kier molecular flexibility index (Phi) is 6.34. The third-order valence-corrected chi connectivity index (χ3v) is 5.26. The molecule has 0 saturated carbocycles. The maximum atomic E-state index is 14.4. The molecule has 2 aromatic heterocycles. The number of nitrogens with zero attached hydrogens (tertiary/aromatic N) is 3. The van der Waals surface area contributed by atoms with Crippen LogP contribution in [0.3, 0.4) is 0 Å². The van der Waals surface area contributed by atoms with E-state index in [9.17, 15) is 18.7 Å². The molecule has 7 nitrogen and oxygen atoms in total. The second kappa shape index (κ2) is 9.32. The summed E-state index contributed by atoms with van der Waals surface area (Å²) in [7, 11) is 0. The number of rotatable bonds is 6. The Morgan fingerprint density at radius 1 is 1.23 bits per heavy atom. The zero-order valence-corrected chi connectivity index (χ0v) is 16.7. The van der Waals surface area contributed by atoms with Crippen molar-refractivity contribution < 1.29 is 18.6 Å². The quantitative estimate of drug-likeness (QED) is 0.628. The van der Waals surface area contributed by atoms with Crippen molar-refractivity contribution in [3.05, 3.63) is 76.3 Å². The van der Waals surface area contributed by atoms with Gasteiger partial charge in [0.25, 0.3) is 5.56 Å². The van der Waals surface area contributed by atoms with Gasteiger partial charge in [-0.2, -0.15) is 0 Å². The summed E-state index contributed by atoms with van der Waals surface area (Å²) in [5.74, 6) is -0.841. The van der Waals surface area contributed by atoms with Crippen LogP contribution in [-0.4, -0.2) is 45.5 Å². The minimum Gasteiger partial charge on any atom is -0.394 e. The van der Waals surface area contributed by atoms with Crippen LogP contribution in [0.25, 0.3) is 11.3 Å². The molecular weight excluding hydrogens is 406 g/mol. The zero-order valence-electron chi connectivity index (χ0n) is 16.7. The van der Waals surface area contributed by atoms with Crippen LogP contribution in [0.1, 0.15) is 24.4 Å². The van der Waals surface area contributed by atoms with Crippen molar-refractivity contribution in [2.75, 3.05) is 25.1 Å². The highest BCUT2D eigenvalue weighted by Crippen LogP contribution is 2.23. The van der Waals surface area contributed by atoms with Crippen LogP contribution in [0.15, 0.2) is 53.6 Å². The van der Waals surface area contributed by atoms with Gasteiger partial charge in [-0.3, -0.25) is 4.79 Å². The summed E-state index contributed by atoms with van der Waals surface area (Å²) >= 11 is 0. The van der Waals surface area contributed by atoms with Gasteiger partial charge in [-0.25, -0.2) is 18.7 Å². The van der Waals surface area contributed by atoms with E-state index in [1.807, 2.05) is 0 Å². The molecule has 0 spiro atoms. The SMILES string of the molecule is O=c1cc(-c2nc(NC3CCOCC3)ncc2F)ccn1C(CO)c1cccc(F)c1. The molecule has 0 radical (unpaired) electrons. The molecule has 162 valence electrons. The highest BCUT2D eigenvalue weighted by molar-refractivity contribution is 5.60. The van der Waals surface area contributed by atoms with Crippen molar-refractivity contribution in [1.82, 2.24) is 14.5 Å². The highest BCUT2D eigenvalue weighted by atomic mass is 19.1. The molecular formula is C22H22F2N4O3. The highest BCUT2D eigenvalue weighted by Gasteiger charge is 2.18. The molecule has 0 amide bonds. The third-order valence-electron chi connectivity index (χ3n) is 5.26. The van der Waals surface area contributed by atoms with E-state index in [-0.39, 0.29) is 23.2 Å². The summed E-state index contributed by atoms with van der Waals surface area (Å²) in [5.41, 5.74) is 0.262. The molecule has 1 saturated heterocycles. The predicted molar refractivity (Wildman–Crippen MR) is 111 cm³/mol. The number of hydrogen-bond acceptors (Lipinski definition) is 6. The van der Waals surface area contributed by atoms with Crippen LogP contribution in [0.4, 0.5) is 14.7 Å². The maximum Gasteiger partial charge on any atom is 0.251 e. The van der Waals surface area contributed by atoms with E-state index in [4.69, 9.17) is 4.74 Å². The summed E-state index contributed by atoms with van der Waals surface area (Å²) in [6.45, 7) is 0.881. The fraction of sp³-hybridized carbons (Fsp3) is 0.318. The number of halogens is 2. The second-order valence-electron chi connectivity index (χ2n) is 7.34. The zero-order chi connectivity index (χ0) is 21.8. The molecule has 4 rings (SSSR count). The number of aliphatic hydroxyl groups excluding tert-OH is 1. The van der Waals surface area contributed by atoms with Crippen molar-refractivity contribution >= 4 is 5.95 Å². The monoisotopic (exact) mass is 428 g/mol. The topological polar surface area (TPSA) is 89.3 Å². The number of pyridine rings is 1. The fourth-order valence-corrected chi connectivity index (χ4v) is 3.63. The normalized spacial score (nSPS) is 15.6. The summed E-state index contributed by atoms with van der Waals surface area (Å²) in [6.07, 6.45) is 4.11. The van der Waals surface area contributed by atoms with Gasteiger partial charge in [-0.1, -0.05) is 12.1 Å². The Labute approximate surface area is 177 Å².